The van der Waals surface area contributed by atoms with Crippen LogP contribution >= 0.6 is 0 Å². The normalized spacial score (nSPS) is 22.6. The summed E-state index contributed by atoms with van der Waals surface area (Å²) in [6.45, 7) is 3.34. The lowest BCUT2D eigenvalue weighted by Gasteiger charge is -2.26. The van der Waals surface area contributed by atoms with E-state index in [0.29, 0.717) is 6.61 Å². The van der Waals surface area contributed by atoms with Crippen LogP contribution in [0, 0.1) is 0 Å². The summed E-state index contributed by atoms with van der Waals surface area (Å²) in [7, 11) is 0. The second-order valence-corrected chi connectivity index (χ2v) is 6.64. The number of likely N-dealkylation sites (tertiary alicyclic amines) is 1. The van der Waals surface area contributed by atoms with Crippen LogP contribution in [0.3, 0.4) is 0 Å². The van der Waals surface area contributed by atoms with Gasteiger partial charge in [0, 0.05) is 25.8 Å². The fourth-order valence-electron chi connectivity index (χ4n) is 3.80. The fraction of sp³-hybridized carbons (Fsp3) is 0.316. The van der Waals surface area contributed by atoms with Crippen molar-refractivity contribution in [1.82, 2.24) is 24.9 Å². The summed E-state index contributed by atoms with van der Waals surface area (Å²) >= 11 is 0. The van der Waals surface area contributed by atoms with Crippen molar-refractivity contribution >= 4 is 0 Å². The molecule has 2 aliphatic rings. The van der Waals surface area contributed by atoms with E-state index in [1.807, 2.05) is 18.2 Å². The van der Waals surface area contributed by atoms with Crippen molar-refractivity contribution in [3.05, 3.63) is 66.0 Å². The number of rotatable bonds is 3. The van der Waals surface area contributed by atoms with E-state index in [4.69, 9.17) is 4.74 Å². The van der Waals surface area contributed by atoms with Crippen molar-refractivity contribution in [2.24, 2.45) is 0 Å². The summed E-state index contributed by atoms with van der Waals surface area (Å²) in [4.78, 5) is 6.84. The first-order chi connectivity index (χ1) is 12.4. The molecule has 126 valence electrons. The Hall–Kier alpha value is -2.57. The van der Waals surface area contributed by atoms with E-state index in [0.717, 1.165) is 36.7 Å². The number of hydrogen-bond donors (Lipinski definition) is 0. The van der Waals surface area contributed by atoms with Gasteiger partial charge in [-0.1, -0.05) is 41.6 Å². The van der Waals surface area contributed by atoms with E-state index < -0.39 is 0 Å². The van der Waals surface area contributed by atoms with Gasteiger partial charge in [0.2, 0.25) is 0 Å². The van der Waals surface area contributed by atoms with Crippen LogP contribution in [0.4, 0.5) is 0 Å². The monoisotopic (exact) mass is 333 g/mol. The maximum absolute atomic E-state index is 6.15. The zero-order chi connectivity index (χ0) is 16.6. The van der Waals surface area contributed by atoms with Crippen molar-refractivity contribution in [3.63, 3.8) is 0 Å². The molecule has 1 unspecified atom stereocenters. The molecule has 3 aromatic rings. The molecule has 1 saturated heterocycles. The molecule has 0 N–H and O–H groups in total. The van der Waals surface area contributed by atoms with Crippen LogP contribution in [0.2, 0.25) is 0 Å². The maximum atomic E-state index is 6.15. The molecular weight excluding hydrogens is 314 g/mol. The molecule has 1 fully saturated rings. The van der Waals surface area contributed by atoms with E-state index in [1.165, 1.54) is 5.56 Å². The second kappa shape index (κ2) is 6.06. The summed E-state index contributed by atoms with van der Waals surface area (Å²) in [5.41, 5.74) is 4.04. The Balaban J connectivity index is 1.40. The molecule has 25 heavy (non-hydrogen) atoms. The second-order valence-electron chi connectivity index (χ2n) is 6.64. The molecular formula is C19H19N5O. The van der Waals surface area contributed by atoms with Crippen LogP contribution in [0.15, 0.2) is 54.7 Å². The van der Waals surface area contributed by atoms with Crippen molar-refractivity contribution in [2.75, 3.05) is 13.1 Å². The highest BCUT2D eigenvalue weighted by atomic mass is 16.5. The smallest absolute Gasteiger partial charge is 0.137 e. The summed E-state index contributed by atoms with van der Waals surface area (Å²) in [5.74, 6) is 0. The van der Waals surface area contributed by atoms with Gasteiger partial charge < -0.3 is 4.74 Å². The summed E-state index contributed by atoms with van der Waals surface area (Å²) in [5, 5.41) is 8.83. The Labute approximate surface area is 146 Å². The average molecular weight is 333 g/mol. The van der Waals surface area contributed by atoms with Crippen LogP contribution in [-0.2, 0) is 17.9 Å². The molecule has 2 atom stereocenters. The van der Waals surface area contributed by atoms with Crippen LogP contribution in [-0.4, -0.2) is 44.1 Å². The Morgan fingerprint density at radius 2 is 1.92 bits per heavy atom. The van der Waals surface area contributed by atoms with Gasteiger partial charge >= 0.3 is 0 Å². The summed E-state index contributed by atoms with van der Waals surface area (Å²) < 4.78 is 8.21. The van der Waals surface area contributed by atoms with Crippen LogP contribution in [0.5, 0.6) is 0 Å². The number of aromatic nitrogens is 4. The molecule has 1 aromatic carbocycles. The largest absolute Gasteiger partial charge is 0.368 e. The minimum atomic E-state index is 0.175. The number of ether oxygens (including phenoxy) is 1. The number of benzene rings is 1. The van der Waals surface area contributed by atoms with Gasteiger partial charge in [-0.25, -0.2) is 4.68 Å². The lowest BCUT2D eigenvalue weighted by molar-refractivity contribution is -0.00495. The molecule has 2 aliphatic heterocycles. The van der Waals surface area contributed by atoms with E-state index in [2.05, 4.69) is 55.2 Å². The topological polar surface area (TPSA) is 56.1 Å². The first kappa shape index (κ1) is 14.7. The van der Waals surface area contributed by atoms with E-state index in [-0.39, 0.29) is 12.1 Å². The third-order valence-corrected chi connectivity index (χ3v) is 5.01. The van der Waals surface area contributed by atoms with Gasteiger partial charge in [0.1, 0.15) is 5.69 Å². The van der Waals surface area contributed by atoms with Gasteiger partial charge in [-0.3, -0.25) is 9.88 Å². The number of pyridine rings is 1. The number of nitrogens with zero attached hydrogens (tertiary/aromatic N) is 5. The summed E-state index contributed by atoms with van der Waals surface area (Å²) in [6.07, 6.45) is 1.96. The quantitative estimate of drug-likeness (QED) is 0.736. The minimum Gasteiger partial charge on any atom is -0.368 e. The molecule has 5 rings (SSSR count). The maximum Gasteiger partial charge on any atom is 0.137 e. The molecule has 0 bridgehead atoms. The molecule has 2 aromatic heterocycles. The van der Waals surface area contributed by atoms with E-state index in [9.17, 15) is 0 Å². The molecule has 0 spiro atoms. The lowest BCUT2D eigenvalue weighted by atomic mass is 10.1. The SMILES string of the molecule is c1ccc(CN2CC3OCc4c(-c5ccccn5)nnn4[C@@H]3C2)cc1. The van der Waals surface area contributed by atoms with Crippen molar-refractivity contribution in [3.8, 4) is 11.4 Å². The zero-order valence-electron chi connectivity index (χ0n) is 13.8. The molecule has 6 heteroatoms. The van der Waals surface area contributed by atoms with E-state index in [1.54, 1.807) is 6.20 Å². The number of fused-ring (bicyclic) bond motifs is 3. The molecule has 6 nitrogen and oxygen atoms in total. The molecule has 4 heterocycles. The third kappa shape index (κ3) is 2.63. The molecule has 0 aliphatic carbocycles. The van der Waals surface area contributed by atoms with Crippen molar-refractivity contribution < 1.29 is 4.74 Å². The predicted octanol–water partition coefficient (Wildman–Crippen LogP) is 2.30. The molecule has 0 radical (unpaired) electrons. The van der Waals surface area contributed by atoms with Crippen LogP contribution < -0.4 is 0 Å². The third-order valence-electron chi connectivity index (χ3n) is 5.01. The standard InChI is InChI=1S/C19H19N5O/c1-2-6-14(7-3-1)10-23-11-16-18(12-23)25-13-17-19(21-22-24(16)17)15-8-4-5-9-20-15/h1-9,16,18H,10-13H2/t16-,18?/m1/s1. The lowest BCUT2D eigenvalue weighted by Crippen LogP contribution is -2.32. The Bertz CT molecular complexity index is 864. The predicted molar refractivity (Wildman–Crippen MR) is 92.6 cm³/mol. The van der Waals surface area contributed by atoms with Gasteiger partial charge in [-0.05, 0) is 17.7 Å². The van der Waals surface area contributed by atoms with Crippen molar-refractivity contribution in [2.45, 2.75) is 25.3 Å². The first-order valence-corrected chi connectivity index (χ1v) is 8.62. The highest BCUT2D eigenvalue weighted by molar-refractivity contribution is 5.56. The van der Waals surface area contributed by atoms with Gasteiger partial charge in [0.15, 0.2) is 0 Å². The Kier molecular flexibility index (Phi) is 3.57. The van der Waals surface area contributed by atoms with Crippen LogP contribution in [0.25, 0.3) is 11.4 Å². The van der Waals surface area contributed by atoms with Crippen molar-refractivity contribution in [1.29, 1.82) is 0 Å². The zero-order valence-corrected chi connectivity index (χ0v) is 13.8. The highest BCUT2D eigenvalue weighted by Gasteiger charge is 2.40. The first-order valence-electron chi connectivity index (χ1n) is 8.62. The average Bonchev–Trinajstić information content (AvgIpc) is 3.26. The van der Waals surface area contributed by atoms with Gasteiger partial charge in [0.05, 0.1) is 30.1 Å². The van der Waals surface area contributed by atoms with E-state index >= 15 is 0 Å². The Morgan fingerprint density at radius 1 is 1.04 bits per heavy atom. The fourth-order valence-corrected chi connectivity index (χ4v) is 3.80. The van der Waals surface area contributed by atoms with Gasteiger partial charge in [-0.2, -0.15) is 0 Å². The Morgan fingerprint density at radius 3 is 2.76 bits per heavy atom. The van der Waals surface area contributed by atoms with Gasteiger partial charge in [-0.15, -0.1) is 5.10 Å². The summed E-state index contributed by atoms with van der Waals surface area (Å²) in [6, 6.07) is 16.6. The molecule has 0 amide bonds. The number of hydrogen-bond acceptors (Lipinski definition) is 5. The minimum absolute atomic E-state index is 0.175. The molecule has 0 saturated carbocycles. The van der Waals surface area contributed by atoms with Gasteiger partial charge in [0.25, 0.3) is 0 Å². The van der Waals surface area contributed by atoms with Crippen LogP contribution in [0.1, 0.15) is 17.3 Å². The highest BCUT2D eigenvalue weighted by Crippen LogP contribution is 2.34.